The maximum Gasteiger partial charge on any atom is 0.0393 e. The maximum atomic E-state index is 6.19. The molecule has 0 bridgehead atoms. The van der Waals surface area contributed by atoms with E-state index in [2.05, 4.69) is 72.8 Å². The molecule has 0 aliphatic carbocycles. The first kappa shape index (κ1) is 13.6. The molecule has 1 heteroatoms. The molecule has 0 spiro atoms. The van der Waals surface area contributed by atoms with E-state index in [0.717, 1.165) is 11.3 Å². The van der Waals surface area contributed by atoms with E-state index in [-0.39, 0.29) is 0 Å². The molecule has 0 heterocycles. The zero-order valence-corrected chi connectivity index (χ0v) is 12.7. The third-order valence-electron chi connectivity index (χ3n) is 4.24. The highest BCUT2D eigenvalue weighted by molar-refractivity contribution is 5.93. The Morgan fingerprint density at radius 2 is 1.09 bits per heavy atom. The first-order chi connectivity index (χ1) is 11.3. The SMILES string of the molecule is Nc1ccccc1-c1ccccc1-c1ccc2ccccc2c1. The van der Waals surface area contributed by atoms with E-state index in [1.54, 1.807) is 0 Å². The van der Waals surface area contributed by atoms with Gasteiger partial charge in [0, 0.05) is 11.3 Å². The minimum Gasteiger partial charge on any atom is -0.398 e. The average molecular weight is 295 g/mol. The summed E-state index contributed by atoms with van der Waals surface area (Å²) in [6.07, 6.45) is 0. The number of hydrogen-bond donors (Lipinski definition) is 1. The van der Waals surface area contributed by atoms with Crippen LogP contribution in [0.2, 0.25) is 0 Å². The first-order valence-electron chi connectivity index (χ1n) is 7.76. The van der Waals surface area contributed by atoms with Gasteiger partial charge in [-0.25, -0.2) is 0 Å². The lowest BCUT2D eigenvalue weighted by Gasteiger charge is -2.12. The fraction of sp³-hybridized carbons (Fsp3) is 0. The zero-order valence-electron chi connectivity index (χ0n) is 12.7. The van der Waals surface area contributed by atoms with Crippen molar-refractivity contribution in [3.63, 3.8) is 0 Å². The van der Waals surface area contributed by atoms with Crippen molar-refractivity contribution in [2.45, 2.75) is 0 Å². The van der Waals surface area contributed by atoms with Gasteiger partial charge in [-0.05, 0) is 39.6 Å². The van der Waals surface area contributed by atoms with E-state index in [1.165, 1.54) is 27.5 Å². The van der Waals surface area contributed by atoms with Crippen LogP contribution < -0.4 is 5.73 Å². The van der Waals surface area contributed by atoms with Crippen molar-refractivity contribution in [2.24, 2.45) is 0 Å². The molecule has 0 unspecified atom stereocenters. The van der Waals surface area contributed by atoms with E-state index in [0.29, 0.717) is 0 Å². The third kappa shape index (κ3) is 2.47. The molecule has 110 valence electrons. The molecule has 0 atom stereocenters. The Balaban J connectivity index is 1.93. The monoisotopic (exact) mass is 295 g/mol. The summed E-state index contributed by atoms with van der Waals surface area (Å²) in [6.45, 7) is 0. The molecule has 0 saturated heterocycles. The van der Waals surface area contributed by atoms with Crippen LogP contribution in [0.15, 0.2) is 91.0 Å². The van der Waals surface area contributed by atoms with E-state index in [9.17, 15) is 0 Å². The van der Waals surface area contributed by atoms with Gasteiger partial charge in [0.15, 0.2) is 0 Å². The van der Waals surface area contributed by atoms with Crippen molar-refractivity contribution in [3.8, 4) is 22.3 Å². The van der Waals surface area contributed by atoms with Gasteiger partial charge in [-0.3, -0.25) is 0 Å². The average Bonchev–Trinajstić information content (AvgIpc) is 2.62. The van der Waals surface area contributed by atoms with Crippen LogP contribution in [0.4, 0.5) is 5.69 Å². The van der Waals surface area contributed by atoms with Gasteiger partial charge >= 0.3 is 0 Å². The molecule has 4 aromatic carbocycles. The van der Waals surface area contributed by atoms with Crippen LogP contribution in [0, 0.1) is 0 Å². The second-order valence-electron chi connectivity index (χ2n) is 5.69. The molecule has 0 amide bonds. The smallest absolute Gasteiger partial charge is 0.0393 e. The summed E-state index contributed by atoms with van der Waals surface area (Å²) in [5.74, 6) is 0. The summed E-state index contributed by atoms with van der Waals surface area (Å²) in [5.41, 5.74) is 11.7. The van der Waals surface area contributed by atoms with Crippen molar-refractivity contribution in [2.75, 3.05) is 5.73 Å². The maximum absolute atomic E-state index is 6.19. The van der Waals surface area contributed by atoms with E-state index < -0.39 is 0 Å². The highest BCUT2D eigenvalue weighted by Crippen LogP contribution is 2.35. The predicted molar refractivity (Wildman–Crippen MR) is 99.2 cm³/mol. The van der Waals surface area contributed by atoms with Crippen LogP contribution in [0.25, 0.3) is 33.0 Å². The van der Waals surface area contributed by atoms with E-state index >= 15 is 0 Å². The normalized spacial score (nSPS) is 10.8. The zero-order chi connectivity index (χ0) is 15.6. The van der Waals surface area contributed by atoms with Gasteiger partial charge < -0.3 is 5.73 Å². The molecule has 0 saturated carbocycles. The fourth-order valence-corrected chi connectivity index (χ4v) is 3.07. The summed E-state index contributed by atoms with van der Waals surface area (Å²) < 4.78 is 0. The number of rotatable bonds is 2. The summed E-state index contributed by atoms with van der Waals surface area (Å²) >= 11 is 0. The van der Waals surface area contributed by atoms with Crippen LogP contribution in [-0.4, -0.2) is 0 Å². The van der Waals surface area contributed by atoms with Crippen LogP contribution >= 0.6 is 0 Å². The molecule has 0 aliphatic heterocycles. The summed E-state index contributed by atoms with van der Waals surface area (Å²) in [4.78, 5) is 0. The Labute approximate surface area is 136 Å². The van der Waals surface area contributed by atoms with Crippen molar-refractivity contribution >= 4 is 16.5 Å². The van der Waals surface area contributed by atoms with Gasteiger partial charge in [0.05, 0.1) is 0 Å². The summed E-state index contributed by atoms with van der Waals surface area (Å²) in [7, 11) is 0. The Hall–Kier alpha value is -3.06. The second kappa shape index (κ2) is 5.62. The minimum absolute atomic E-state index is 0.806. The van der Waals surface area contributed by atoms with Gasteiger partial charge in [0.2, 0.25) is 0 Å². The molecule has 23 heavy (non-hydrogen) atoms. The molecule has 0 aliphatic rings. The molecule has 1 nitrogen and oxygen atoms in total. The third-order valence-corrected chi connectivity index (χ3v) is 4.24. The Bertz CT molecular complexity index is 986. The number of anilines is 1. The molecule has 4 rings (SSSR count). The summed E-state index contributed by atoms with van der Waals surface area (Å²) in [5, 5.41) is 2.51. The largest absolute Gasteiger partial charge is 0.398 e. The number of hydrogen-bond acceptors (Lipinski definition) is 1. The molecule has 0 radical (unpaired) electrons. The van der Waals surface area contributed by atoms with Crippen LogP contribution in [0.1, 0.15) is 0 Å². The highest BCUT2D eigenvalue weighted by atomic mass is 14.6. The Morgan fingerprint density at radius 3 is 1.87 bits per heavy atom. The number of nitrogen functional groups attached to an aromatic ring is 1. The van der Waals surface area contributed by atoms with E-state index in [4.69, 9.17) is 5.73 Å². The van der Waals surface area contributed by atoms with Gasteiger partial charge in [-0.2, -0.15) is 0 Å². The van der Waals surface area contributed by atoms with Gasteiger partial charge in [-0.1, -0.05) is 78.9 Å². The predicted octanol–water partition coefficient (Wildman–Crippen LogP) is 5.76. The van der Waals surface area contributed by atoms with Crippen molar-refractivity contribution < 1.29 is 0 Å². The summed E-state index contributed by atoms with van der Waals surface area (Å²) in [6, 6.07) is 31.5. The van der Waals surface area contributed by atoms with Crippen molar-refractivity contribution in [1.29, 1.82) is 0 Å². The lowest BCUT2D eigenvalue weighted by Crippen LogP contribution is -1.91. The van der Waals surface area contributed by atoms with Crippen LogP contribution in [0.3, 0.4) is 0 Å². The molecular weight excluding hydrogens is 278 g/mol. The number of para-hydroxylation sites is 1. The number of fused-ring (bicyclic) bond motifs is 1. The van der Waals surface area contributed by atoms with Crippen LogP contribution in [-0.2, 0) is 0 Å². The van der Waals surface area contributed by atoms with Gasteiger partial charge in [0.25, 0.3) is 0 Å². The van der Waals surface area contributed by atoms with Gasteiger partial charge in [-0.15, -0.1) is 0 Å². The lowest BCUT2D eigenvalue weighted by atomic mass is 9.92. The standard InChI is InChI=1S/C22H17N/c23-22-12-6-5-11-21(22)20-10-4-3-9-19(20)18-14-13-16-7-1-2-8-17(16)15-18/h1-15H,23H2. The first-order valence-corrected chi connectivity index (χ1v) is 7.76. The topological polar surface area (TPSA) is 26.0 Å². The molecule has 4 aromatic rings. The molecule has 2 N–H and O–H groups in total. The fourth-order valence-electron chi connectivity index (χ4n) is 3.07. The van der Waals surface area contributed by atoms with Gasteiger partial charge in [0.1, 0.15) is 0 Å². The Morgan fingerprint density at radius 1 is 0.478 bits per heavy atom. The quantitative estimate of drug-likeness (QED) is 0.468. The lowest BCUT2D eigenvalue weighted by molar-refractivity contribution is 1.59. The van der Waals surface area contributed by atoms with Crippen molar-refractivity contribution in [3.05, 3.63) is 91.0 Å². The van der Waals surface area contributed by atoms with Crippen LogP contribution in [0.5, 0.6) is 0 Å². The highest BCUT2D eigenvalue weighted by Gasteiger charge is 2.09. The Kier molecular flexibility index (Phi) is 3.32. The molecule has 0 aromatic heterocycles. The second-order valence-corrected chi connectivity index (χ2v) is 5.69. The van der Waals surface area contributed by atoms with E-state index in [1.807, 2.05) is 18.2 Å². The number of nitrogens with two attached hydrogens (primary N) is 1. The molecule has 0 fully saturated rings. The van der Waals surface area contributed by atoms with Crippen molar-refractivity contribution in [1.82, 2.24) is 0 Å². The molecular formula is C22H17N. The number of benzene rings is 4. The minimum atomic E-state index is 0.806.